The van der Waals surface area contributed by atoms with Gasteiger partial charge in [0, 0.05) is 44.6 Å². The third-order valence-corrected chi connectivity index (χ3v) is 5.26. The highest BCUT2D eigenvalue weighted by atomic mass is 16.5. The molecule has 0 bridgehead atoms. The van der Waals surface area contributed by atoms with Gasteiger partial charge in [0.25, 0.3) is 0 Å². The Morgan fingerprint density at radius 1 is 1.13 bits per heavy atom. The average Bonchev–Trinajstić information content (AvgIpc) is 2.60. The zero-order valence-electron chi connectivity index (χ0n) is 14.2. The fraction of sp³-hybridized carbons (Fsp3) is 0.632. The monoisotopic (exact) mass is 316 g/mol. The van der Waals surface area contributed by atoms with Crippen molar-refractivity contribution in [2.45, 2.75) is 31.6 Å². The summed E-state index contributed by atoms with van der Waals surface area (Å²) in [7, 11) is 0. The van der Waals surface area contributed by atoms with E-state index >= 15 is 0 Å². The number of nitrogens with zero attached hydrogens (tertiary/aromatic N) is 2. The van der Waals surface area contributed by atoms with Gasteiger partial charge in [0.15, 0.2) is 0 Å². The Bertz CT molecular complexity index is 513. The van der Waals surface area contributed by atoms with E-state index < -0.39 is 0 Å². The van der Waals surface area contributed by atoms with Gasteiger partial charge in [0.2, 0.25) is 5.91 Å². The highest BCUT2D eigenvalue weighted by molar-refractivity contribution is 5.77. The maximum atomic E-state index is 12.3. The molecule has 0 N–H and O–H groups in total. The van der Waals surface area contributed by atoms with Gasteiger partial charge in [-0.2, -0.15) is 0 Å². The normalized spacial score (nSPS) is 26.5. The van der Waals surface area contributed by atoms with E-state index in [2.05, 4.69) is 47.1 Å². The predicted molar refractivity (Wildman–Crippen MR) is 91.5 cm³/mol. The molecule has 2 aliphatic heterocycles. The molecule has 4 heteroatoms. The molecule has 2 saturated heterocycles. The summed E-state index contributed by atoms with van der Waals surface area (Å²) in [5.74, 6) is 0.320. The van der Waals surface area contributed by atoms with Gasteiger partial charge in [-0.1, -0.05) is 37.3 Å². The van der Waals surface area contributed by atoms with E-state index in [1.807, 2.05) is 0 Å². The van der Waals surface area contributed by atoms with Crippen molar-refractivity contribution in [2.75, 3.05) is 45.9 Å². The van der Waals surface area contributed by atoms with Crippen LogP contribution < -0.4 is 0 Å². The summed E-state index contributed by atoms with van der Waals surface area (Å²) < 4.78 is 5.38. The Balaban J connectivity index is 1.54. The van der Waals surface area contributed by atoms with Crippen LogP contribution in [0.15, 0.2) is 30.3 Å². The first-order chi connectivity index (χ1) is 11.2. The molecule has 2 heterocycles. The Hall–Kier alpha value is -1.39. The molecule has 0 unspecified atom stereocenters. The third kappa shape index (κ3) is 4.12. The van der Waals surface area contributed by atoms with Crippen molar-refractivity contribution in [1.29, 1.82) is 0 Å². The predicted octanol–water partition coefficient (Wildman–Crippen LogP) is 2.29. The van der Waals surface area contributed by atoms with E-state index in [0.29, 0.717) is 12.3 Å². The molecular weight excluding hydrogens is 288 g/mol. The second-order valence-electron chi connectivity index (χ2n) is 7.05. The van der Waals surface area contributed by atoms with Gasteiger partial charge in [0.05, 0.1) is 13.2 Å². The SMILES string of the molecule is C[C@]1(c2ccccc2)CCC(=O)N(CCCN2CCOCC2)C1. The number of amides is 1. The average molecular weight is 316 g/mol. The van der Waals surface area contributed by atoms with Crippen LogP contribution in [0, 0.1) is 0 Å². The van der Waals surface area contributed by atoms with E-state index in [-0.39, 0.29) is 5.41 Å². The molecule has 0 aromatic heterocycles. The molecule has 1 aromatic rings. The van der Waals surface area contributed by atoms with Crippen molar-refractivity contribution in [3.63, 3.8) is 0 Å². The number of piperidine rings is 1. The molecule has 3 rings (SSSR count). The van der Waals surface area contributed by atoms with Gasteiger partial charge in [0.1, 0.15) is 0 Å². The van der Waals surface area contributed by atoms with Crippen molar-refractivity contribution in [2.24, 2.45) is 0 Å². The van der Waals surface area contributed by atoms with Crippen LogP contribution in [-0.2, 0) is 14.9 Å². The molecule has 126 valence electrons. The Labute approximate surface area is 139 Å². The van der Waals surface area contributed by atoms with Crippen LogP contribution >= 0.6 is 0 Å². The lowest BCUT2D eigenvalue weighted by Crippen LogP contribution is -2.48. The van der Waals surface area contributed by atoms with Gasteiger partial charge in [-0.15, -0.1) is 0 Å². The van der Waals surface area contributed by atoms with Gasteiger partial charge in [-0.25, -0.2) is 0 Å². The van der Waals surface area contributed by atoms with E-state index in [4.69, 9.17) is 4.74 Å². The van der Waals surface area contributed by atoms with E-state index in [9.17, 15) is 4.79 Å². The fourth-order valence-electron chi connectivity index (χ4n) is 3.72. The lowest BCUT2D eigenvalue weighted by molar-refractivity contribution is -0.135. The fourth-order valence-corrected chi connectivity index (χ4v) is 3.72. The van der Waals surface area contributed by atoms with Crippen molar-refractivity contribution in [3.05, 3.63) is 35.9 Å². The molecule has 1 aromatic carbocycles. The van der Waals surface area contributed by atoms with Crippen LogP contribution in [0.5, 0.6) is 0 Å². The lowest BCUT2D eigenvalue weighted by atomic mass is 9.75. The number of likely N-dealkylation sites (tertiary alicyclic amines) is 1. The van der Waals surface area contributed by atoms with Crippen LogP contribution in [0.1, 0.15) is 31.7 Å². The minimum atomic E-state index is 0.0914. The van der Waals surface area contributed by atoms with E-state index in [0.717, 1.165) is 58.8 Å². The van der Waals surface area contributed by atoms with Crippen molar-refractivity contribution < 1.29 is 9.53 Å². The summed E-state index contributed by atoms with van der Waals surface area (Å²) >= 11 is 0. The second-order valence-corrected chi connectivity index (χ2v) is 7.05. The number of ether oxygens (including phenoxy) is 1. The molecule has 23 heavy (non-hydrogen) atoms. The van der Waals surface area contributed by atoms with Crippen molar-refractivity contribution in [3.8, 4) is 0 Å². The molecule has 2 aliphatic rings. The standard InChI is InChI=1S/C19H28N2O2/c1-19(17-6-3-2-4-7-17)9-8-18(22)21(16-19)11-5-10-20-12-14-23-15-13-20/h2-4,6-7H,5,8-16H2,1H3/t19-/m0/s1. The Morgan fingerprint density at radius 2 is 1.87 bits per heavy atom. The minimum absolute atomic E-state index is 0.0914. The van der Waals surface area contributed by atoms with Crippen LogP contribution in [-0.4, -0.2) is 61.6 Å². The summed E-state index contributed by atoms with van der Waals surface area (Å²) in [6.45, 7) is 8.81. The zero-order valence-corrected chi connectivity index (χ0v) is 14.2. The molecule has 1 amide bonds. The van der Waals surface area contributed by atoms with Crippen molar-refractivity contribution in [1.82, 2.24) is 9.80 Å². The third-order valence-electron chi connectivity index (χ3n) is 5.26. The first-order valence-corrected chi connectivity index (χ1v) is 8.81. The number of benzene rings is 1. The molecule has 0 radical (unpaired) electrons. The van der Waals surface area contributed by atoms with E-state index in [1.54, 1.807) is 0 Å². The summed E-state index contributed by atoms with van der Waals surface area (Å²) in [5, 5.41) is 0. The zero-order chi connectivity index (χ0) is 16.1. The van der Waals surface area contributed by atoms with Crippen LogP contribution in [0.4, 0.5) is 0 Å². The second kappa shape index (κ2) is 7.45. The number of carbonyl (C=O) groups excluding carboxylic acids is 1. The number of morpholine rings is 1. The summed E-state index contributed by atoms with van der Waals surface area (Å²) in [5.41, 5.74) is 1.44. The topological polar surface area (TPSA) is 32.8 Å². The first kappa shape index (κ1) is 16.5. The first-order valence-electron chi connectivity index (χ1n) is 8.81. The summed E-state index contributed by atoms with van der Waals surface area (Å²) in [4.78, 5) is 16.8. The lowest BCUT2D eigenvalue weighted by Gasteiger charge is -2.41. The number of hydrogen-bond acceptors (Lipinski definition) is 3. The summed E-state index contributed by atoms with van der Waals surface area (Å²) in [6.07, 6.45) is 2.68. The Morgan fingerprint density at radius 3 is 2.61 bits per heavy atom. The molecule has 0 spiro atoms. The van der Waals surface area contributed by atoms with Gasteiger partial charge in [-0.05, 0) is 18.4 Å². The maximum absolute atomic E-state index is 12.3. The van der Waals surface area contributed by atoms with Crippen LogP contribution in [0.25, 0.3) is 0 Å². The van der Waals surface area contributed by atoms with Gasteiger partial charge < -0.3 is 9.64 Å². The molecule has 2 fully saturated rings. The van der Waals surface area contributed by atoms with Crippen LogP contribution in [0.2, 0.25) is 0 Å². The largest absolute Gasteiger partial charge is 0.379 e. The van der Waals surface area contributed by atoms with Crippen molar-refractivity contribution >= 4 is 5.91 Å². The smallest absolute Gasteiger partial charge is 0.222 e. The van der Waals surface area contributed by atoms with Gasteiger partial charge in [-0.3, -0.25) is 9.69 Å². The van der Waals surface area contributed by atoms with Gasteiger partial charge >= 0.3 is 0 Å². The minimum Gasteiger partial charge on any atom is -0.379 e. The summed E-state index contributed by atoms with van der Waals surface area (Å²) in [6, 6.07) is 10.6. The highest BCUT2D eigenvalue weighted by Gasteiger charge is 2.35. The molecule has 1 atom stereocenters. The molecule has 0 saturated carbocycles. The number of hydrogen-bond donors (Lipinski definition) is 0. The molecule has 4 nitrogen and oxygen atoms in total. The molecule has 0 aliphatic carbocycles. The Kier molecular flexibility index (Phi) is 5.34. The maximum Gasteiger partial charge on any atom is 0.222 e. The highest BCUT2D eigenvalue weighted by Crippen LogP contribution is 2.34. The quantitative estimate of drug-likeness (QED) is 0.835. The molecular formula is C19H28N2O2. The number of rotatable bonds is 5. The van der Waals surface area contributed by atoms with Crippen LogP contribution in [0.3, 0.4) is 0 Å². The number of carbonyl (C=O) groups is 1. The van der Waals surface area contributed by atoms with E-state index in [1.165, 1.54) is 5.56 Å².